The number of furan rings is 1. The molecule has 1 aliphatic rings. The third-order valence-electron chi connectivity index (χ3n) is 5.29. The summed E-state index contributed by atoms with van der Waals surface area (Å²) in [6.45, 7) is 0.0496. The van der Waals surface area contributed by atoms with Gasteiger partial charge in [-0.3, -0.25) is 9.59 Å². The largest absolute Gasteiger partial charge is 0.507 e. The fourth-order valence-electron chi connectivity index (χ4n) is 3.75. The van der Waals surface area contributed by atoms with Gasteiger partial charge in [0.1, 0.15) is 11.5 Å². The fourth-order valence-corrected chi connectivity index (χ4v) is 3.87. The van der Waals surface area contributed by atoms with Crippen LogP contribution in [0.5, 0.6) is 11.5 Å². The SMILES string of the molecule is COc1ccc([C@H]2/C(=C(\O)c3ccc(Cl)cc3)C(=O)C(=O)N2Cc2ccco2)cc1OC. The van der Waals surface area contributed by atoms with Gasteiger partial charge >= 0.3 is 0 Å². The standard InChI is InChI=1S/C24H20ClNO6/c1-30-18-10-7-15(12-19(18)31-2)21-20(22(27)14-5-8-16(25)9-6-14)23(28)24(29)26(21)13-17-4-3-11-32-17/h3-12,21,27H,13H2,1-2H3/b22-20+/t21-/m0/s1. The van der Waals surface area contributed by atoms with Crippen molar-refractivity contribution in [3.05, 3.63) is 88.3 Å². The number of carbonyl (C=O) groups excluding carboxylic acids is 2. The molecule has 1 aliphatic heterocycles. The Kier molecular flexibility index (Phi) is 5.92. The van der Waals surface area contributed by atoms with Crippen LogP contribution in [0.15, 0.2) is 70.9 Å². The van der Waals surface area contributed by atoms with Crippen molar-refractivity contribution < 1.29 is 28.6 Å². The number of ketones is 1. The summed E-state index contributed by atoms with van der Waals surface area (Å²) in [5.41, 5.74) is 0.913. The smallest absolute Gasteiger partial charge is 0.296 e. The summed E-state index contributed by atoms with van der Waals surface area (Å²) in [6.07, 6.45) is 1.49. The van der Waals surface area contributed by atoms with E-state index in [1.807, 2.05) is 0 Å². The van der Waals surface area contributed by atoms with Gasteiger partial charge in [0.15, 0.2) is 11.5 Å². The Labute approximate surface area is 189 Å². The predicted octanol–water partition coefficient (Wildman–Crippen LogP) is 4.57. The van der Waals surface area contributed by atoms with E-state index in [-0.39, 0.29) is 17.9 Å². The molecule has 1 aromatic heterocycles. The number of amides is 1. The highest BCUT2D eigenvalue weighted by atomic mass is 35.5. The summed E-state index contributed by atoms with van der Waals surface area (Å²) < 4.78 is 16.1. The second-order valence-corrected chi connectivity index (χ2v) is 7.56. The lowest BCUT2D eigenvalue weighted by molar-refractivity contribution is -0.140. The number of likely N-dealkylation sites (tertiary alicyclic amines) is 1. The summed E-state index contributed by atoms with van der Waals surface area (Å²) in [6, 6.07) is 14.0. The first-order chi connectivity index (χ1) is 15.4. The predicted molar refractivity (Wildman–Crippen MR) is 118 cm³/mol. The van der Waals surface area contributed by atoms with E-state index in [0.717, 1.165) is 0 Å². The van der Waals surface area contributed by atoms with E-state index in [0.29, 0.717) is 33.4 Å². The van der Waals surface area contributed by atoms with Crippen LogP contribution in [0.2, 0.25) is 5.02 Å². The van der Waals surface area contributed by atoms with E-state index in [1.54, 1.807) is 54.6 Å². The average molecular weight is 454 g/mol. The van der Waals surface area contributed by atoms with Crippen molar-refractivity contribution in [2.75, 3.05) is 14.2 Å². The number of carbonyl (C=O) groups is 2. The van der Waals surface area contributed by atoms with Crippen molar-refractivity contribution in [2.24, 2.45) is 0 Å². The Hall–Kier alpha value is -3.71. The topological polar surface area (TPSA) is 89.2 Å². The Morgan fingerprint density at radius 3 is 2.41 bits per heavy atom. The van der Waals surface area contributed by atoms with Crippen LogP contribution in [0.3, 0.4) is 0 Å². The van der Waals surface area contributed by atoms with E-state index in [2.05, 4.69) is 0 Å². The Morgan fingerprint density at radius 2 is 1.78 bits per heavy atom. The molecular formula is C24H20ClNO6. The highest BCUT2D eigenvalue weighted by Crippen LogP contribution is 2.42. The number of halogens is 1. The minimum Gasteiger partial charge on any atom is -0.507 e. The molecule has 32 heavy (non-hydrogen) atoms. The molecule has 7 nitrogen and oxygen atoms in total. The second kappa shape index (κ2) is 8.80. The van der Waals surface area contributed by atoms with Crippen LogP contribution in [0, 0.1) is 0 Å². The van der Waals surface area contributed by atoms with Crippen molar-refractivity contribution in [3.8, 4) is 11.5 Å². The maximum Gasteiger partial charge on any atom is 0.296 e. The summed E-state index contributed by atoms with van der Waals surface area (Å²) in [4.78, 5) is 27.4. The summed E-state index contributed by atoms with van der Waals surface area (Å²) >= 11 is 5.95. The molecule has 164 valence electrons. The van der Waals surface area contributed by atoms with Crippen molar-refractivity contribution in [3.63, 3.8) is 0 Å². The van der Waals surface area contributed by atoms with Crippen molar-refractivity contribution >= 4 is 29.1 Å². The first-order valence-electron chi connectivity index (χ1n) is 9.73. The lowest BCUT2D eigenvalue weighted by Crippen LogP contribution is -2.29. The second-order valence-electron chi connectivity index (χ2n) is 7.13. The van der Waals surface area contributed by atoms with Gasteiger partial charge in [0.05, 0.1) is 38.6 Å². The first-order valence-corrected chi connectivity index (χ1v) is 10.1. The van der Waals surface area contributed by atoms with Gasteiger partial charge in [0.2, 0.25) is 0 Å². The molecule has 0 bridgehead atoms. The molecule has 4 rings (SSSR count). The average Bonchev–Trinajstić information content (AvgIpc) is 3.41. The molecule has 0 radical (unpaired) electrons. The van der Waals surface area contributed by atoms with E-state index in [1.165, 1.54) is 25.4 Å². The number of aliphatic hydroxyl groups is 1. The number of methoxy groups -OCH3 is 2. The van der Waals surface area contributed by atoms with E-state index >= 15 is 0 Å². The van der Waals surface area contributed by atoms with Crippen LogP contribution in [0.25, 0.3) is 5.76 Å². The third kappa shape index (κ3) is 3.83. The summed E-state index contributed by atoms with van der Waals surface area (Å²) in [7, 11) is 3.01. The van der Waals surface area contributed by atoms with Crippen LogP contribution in [-0.4, -0.2) is 35.9 Å². The molecule has 1 fully saturated rings. The molecule has 3 aromatic rings. The molecule has 1 amide bonds. The number of hydrogen-bond donors (Lipinski definition) is 1. The number of ether oxygens (including phenoxy) is 2. The van der Waals surface area contributed by atoms with Crippen LogP contribution < -0.4 is 9.47 Å². The number of nitrogens with zero attached hydrogens (tertiary/aromatic N) is 1. The molecule has 0 aliphatic carbocycles. The monoisotopic (exact) mass is 453 g/mol. The van der Waals surface area contributed by atoms with Crippen molar-refractivity contribution in [2.45, 2.75) is 12.6 Å². The number of rotatable bonds is 6. The zero-order valence-corrected chi connectivity index (χ0v) is 18.1. The van der Waals surface area contributed by atoms with Gasteiger partial charge in [0, 0.05) is 10.6 Å². The van der Waals surface area contributed by atoms with Crippen LogP contribution in [0.4, 0.5) is 0 Å². The minimum absolute atomic E-state index is 0.0314. The van der Waals surface area contributed by atoms with Gasteiger partial charge in [-0.15, -0.1) is 0 Å². The van der Waals surface area contributed by atoms with Crippen LogP contribution >= 0.6 is 11.6 Å². The molecule has 8 heteroatoms. The van der Waals surface area contributed by atoms with Crippen molar-refractivity contribution in [1.82, 2.24) is 4.90 Å². The van der Waals surface area contributed by atoms with Crippen LogP contribution in [0.1, 0.15) is 22.9 Å². The number of aliphatic hydroxyl groups excluding tert-OH is 1. The van der Waals surface area contributed by atoms with Crippen LogP contribution in [-0.2, 0) is 16.1 Å². The van der Waals surface area contributed by atoms with Gasteiger partial charge < -0.3 is 23.9 Å². The zero-order chi connectivity index (χ0) is 22.8. The Morgan fingerprint density at radius 1 is 1.06 bits per heavy atom. The molecule has 2 heterocycles. The molecule has 1 atom stereocenters. The summed E-state index contributed by atoms with van der Waals surface area (Å²) in [5.74, 6) is -0.386. The third-order valence-corrected chi connectivity index (χ3v) is 5.54. The van der Waals surface area contributed by atoms with Gasteiger partial charge in [-0.25, -0.2) is 0 Å². The minimum atomic E-state index is -0.865. The molecule has 2 aromatic carbocycles. The molecule has 0 spiro atoms. The van der Waals surface area contributed by atoms with E-state index in [4.69, 9.17) is 25.5 Å². The fraction of sp³-hybridized carbons (Fsp3) is 0.167. The Balaban J connectivity index is 1.89. The number of benzene rings is 2. The first kappa shape index (κ1) is 21.5. The Bertz CT molecular complexity index is 1180. The maximum atomic E-state index is 13.1. The normalized spacial score (nSPS) is 17.6. The number of hydrogen-bond acceptors (Lipinski definition) is 6. The van der Waals surface area contributed by atoms with Gasteiger partial charge in [-0.2, -0.15) is 0 Å². The highest BCUT2D eigenvalue weighted by Gasteiger charge is 2.46. The molecule has 1 N–H and O–H groups in total. The lowest BCUT2D eigenvalue weighted by Gasteiger charge is -2.25. The quantitative estimate of drug-likeness (QED) is 0.334. The van der Waals surface area contributed by atoms with E-state index in [9.17, 15) is 14.7 Å². The molecule has 1 saturated heterocycles. The van der Waals surface area contributed by atoms with Gasteiger partial charge in [0.25, 0.3) is 11.7 Å². The summed E-state index contributed by atoms with van der Waals surface area (Å²) in [5, 5.41) is 11.5. The molecule has 0 unspecified atom stereocenters. The zero-order valence-electron chi connectivity index (χ0n) is 17.4. The highest BCUT2D eigenvalue weighted by molar-refractivity contribution is 6.46. The van der Waals surface area contributed by atoms with Gasteiger partial charge in [-0.05, 0) is 54.1 Å². The molecular weight excluding hydrogens is 434 g/mol. The van der Waals surface area contributed by atoms with Crippen molar-refractivity contribution in [1.29, 1.82) is 0 Å². The number of Topliss-reactive ketones (excluding diaryl/α,β-unsaturated/α-hetero) is 1. The lowest BCUT2D eigenvalue weighted by atomic mass is 9.95. The van der Waals surface area contributed by atoms with E-state index < -0.39 is 17.7 Å². The van der Waals surface area contributed by atoms with Gasteiger partial charge in [-0.1, -0.05) is 17.7 Å². The molecule has 0 saturated carbocycles. The maximum absolute atomic E-state index is 13.1.